The molecule has 0 aliphatic carbocycles. The molecule has 0 aliphatic rings. The van der Waals surface area contributed by atoms with Gasteiger partial charge in [0.2, 0.25) is 5.91 Å². The third kappa shape index (κ3) is 7.26. The van der Waals surface area contributed by atoms with E-state index >= 15 is 0 Å². The van der Waals surface area contributed by atoms with E-state index in [-0.39, 0.29) is 31.0 Å². The molecule has 0 saturated carbocycles. The van der Waals surface area contributed by atoms with Crippen LogP contribution in [0.2, 0.25) is 15.1 Å². The summed E-state index contributed by atoms with van der Waals surface area (Å²) in [5.74, 6) is -0.0282. The SMILES string of the molecule is CCC(C)NC(=O)C(CC)N(Cc1c(Cl)cccc1Cl)C(=O)COc1cc(C)c(Cl)c(C)c1. The van der Waals surface area contributed by atoms with Crippen molar-refractivity contribution in [2.24, 2.45) is 0 Å². The maximum absolute atomic E-state index is 13.3. The Labute approximate surface area is 211 Å². The lowest BCUT2D eigenvalue weighted by molar-refractivity contribution is -0.143. The van der Waals surface area contributed by atoms with Crippen LogP contribution in [0, 0.1) is 13.8 Å². The van der Waals surface area contributed by atoms with E-state index < -0.39 is 6.04 Å². The fourth-order valence-corrected chi connectivity index (χ4v) is 4.06. The lowest BCUT2D eigenvalue weighted by atomic mass is 10.1. The first-order chi connectivity index (χ1) is 15.6. The van der Waals surface area contributed by atoms with Crippen molar-refractivity contribution < 1.29 is 14.3 Å². The number of hydrogen-bond donors (Lipinski definition) is 1. The predicted octanol–water partition coefficient (Wildman–Crippen LogP) is 6.36. The van der Waals surface area contributed by atoms with Crippen LogP contribution < -0.4 is 10.1 Å². The van der Waals surface area contributed by atoms with E-state index in [1.807, 2.05) is 34.6 Å². The average Bonchev–Trinajstić information content (AvgIpc) is 2.77. The molecule has 0 heterocycles. The number of carbonyl (C=O) groups is 2. The number of nitrogens with one attached hydrogen (secondary N) is 1. The monoisotopic (exact) mass is 512 g/mol. The van der Waals surface area contributed by atoms with E-state index in [2.05, 4.69) is 5.32 Å². The summed E-state index contributed by atoms with van der Waals surface area (Å²) in [6.07, 6.45) is 1.21. The second kappa shape index (κ2) is 12.5. The highest BCUT2D eigenvalue weighted by atomic mass is 35.5. The topological polar surface area (TPSA) is 58.6 Å². The minimum Gasteiger partial charge on any atom is -0.484 e. The normalized spacial score (nSPS) is 12.7. The van der Waals surface area contributed by atoms with E-state index in [0.29, 0.717) is 32.8 Å². The smallest absolute Gasteiger partial charge is 0.261 e. The van der Waals surface area contributed by atoms with Crippen molar-refractivity contribution in [1.29, 1.82) is 0 Å². The Hall–Kier alpha value is -1.95. The van der Waals surface area contributed by atoms with Gasteiger partial charge in [0.15, 0.2) is 6.61 Å². The van der Waals surface area contributed by atoms with E-state index in [4.69, 9.17) is 39.5 Å². The number of amides is 2. The molecule has 2 amide bonds. The minimum absolute atomic E-state index is 0.0105. The second-order valence-electron chi connectivity index (χ2n) is 8.12. The number of halogens is 3. The van der Waals surface area contributed by atoms with Crippen LogP contribution in [0.5, 0.6) is 5.75 Å². The van der Waals surface area contributed by atoms with Crippen molar-refractivity contribution in [3.8, 4) is 5.75 Å². The van der Waals surface area contributed by atoms with E-state index in [1.54, 1.807) is 30.3 Å². The van der Waals surface area contributed by atoms with Crippen molar-refractivity contribution in [3.05, 3.63) is 62.1 Å². The average molecular weight is 514 g/mol. The van der Waals surface area contributed by atoms with Crippen molar-refractivity contribution in [2.75, 3.05) is 6.61 Å². The summed E-state index contributed by atoms with van der Waals surface area (Å²) in [7, 11) is 0. The molecule has 0 bridgehead atoms. The zero-order valence-electron chi connectivity index (χ0n) is 19.7. The van der Waals surface area contributed by atoms with Gasteiger partial charge in [-0.15, -0.1) is 0 Å². The van der Waals surface area contributed by atoms with Gasteiger partial charge in [-0.3, -0.25) is 9.59 Å². The summed E-state index contributed by atoms with van der Waals surface area (Å²) in [5, 5.41) is 4.50. The summed E-state index contributed by atoms with van der Waals surface area (Å²) >= 11 is 19.0. The molecule has 0 saturated heterocycles. The van der Waals surface area contributed by atoms with Crippen LogP contribution >= 0.6 is 34.8 Å². The molecule has 2 aromatic carbocycles. The molecule has 0 spiro atoms. The number of ether oxygens (including phenoxy) is 1. The van der Waals surface area contributed by atoms with Crippen molar-refractivity contribution >= 4 is 46.6 Å². The number of aryl methyl sites for hydroxylation is 2. The second-order valence-corrected chi connectivity index (χ2v) is 9.32. The number of rotatable bonds is 10. The van der Waals surface area contributed by atoms with Gasteiger partial charge in [-0.1, -0.05) is 54.7 Å². The third-order valence-electron chi connectivity index (χ3n) is 5.55. The molecule has 5 nitrogen and oxygen atoms in total. The number of nitrogens with zero attached hydrogens (tertiary/aromatic N) is 1. The maximum atomic E-state index is 13.3. The van der Waals surface area contributed by atoms with Crippen LogP contribution in [0.4, 0.5) is 0 Å². The van der Waals surface area contributed by atoms with Crippen LogP contribution in [-0.4, -0.2) is 35.4 Å². The summed E-state index contributed by atoms with van der Waals surface area (Å²) in [5.41, 5.74) is 2.30. The molecule has 0 aromatic heterocycles. The molecule has 0 fully saturated rings. The lowest BCUT2D eigenvalue weighted by Gasteiger charge is -2.32. The lowest BCUT2D eigenvalue weighted by Crippen LogP contribution is -2.51. The van der Waals surface area contributed by atoms with Gasteiger partial charge in [-0.2, -0.15) is 0 Å². The fourth-order valence-electron chi connectivity index (χ4n) is 3.43. The largest absolute Gasteiger partial charge is 0.484 e. The standard InChI is InChI=1S/C25H31Cl3N2O3/c1-6-17(5)29-25(32)22(7-2)30(13-19-20(26)9-8-10-21(19)27)23(31)14-33-18-11-15(3)24(28)16(4)12-18/h8-12,17,22H,6-7,13-14H2,1-5H3,(H,29,32). The first kappa shape index (κ1) is 27.3. The van der Waals surface area contributed by atoms with Gasteiger partial charge in [0, 0.05) is 33.2 Å². The Morgan fingerprint density at radius 3 is 2.12 bits per heavy atom. The zero-order valence-corrected chi connectivity index (χ0v) is 21.9. The molecule has 2 aromatic rings. The van der Waals surface area contributed by atoms with Crippen LogP contribution in [-0.2, 0) is 16.1 Å². The molecule has 8 heteroatoms. The predicted molar refractivity (Wildman–Crippen MR) is 135 cm³/mol. The highest BCUT2D eigenvalue weighted by molar-refractivity contribution is 6.36. The molecule has 0 radical (unpaired) electrons. The summed E-state index contributed by atoms with van der Waals surface area (Å²) in [6.45, 7) is 9.38. The summed E-state index contributed by atoms with van der Waals surface area (Å²) < 4.78 is 5.79. The van der Waals surface area contributed by atoms with Crippen LogP contribution in [0.25, 0.3) is 0 Å². The molecule has 180 valence electrons. The Morgan fingerprint density at radius 2 is 1.61 bits per heavy atom. The third-order valence-corrected chi connectivity index (χ3v) is 6.85. The Morgan fingerprint density at radius 1 is 1.03 bits per heavy atom. The first-order valence-corrected chi connectivity index (χ1v) is 12.1. The number of hydrogen-bond acceptors (Lipinski definition) is 3. The maximum Gasteiger partial charge on any atom is 0.261 e. The quantitative estimate of drug-likeness (QED) is 0.402. The molecule has 2 unspecified atom stereocenters. The highest BCUT2D eigenvalue weighted by Crippen LogP contribution is 2.28. The Bertz CT molecular complexity index is 954. The Balaban J connectivity index is 2.32. The van der Waals surface area contributed by atoms with E-state index in [0.717, 1.165) is 17.5 Å². The van der Waals surface area contributed by atoms with Crippen LogP contribution in [0.15, 0.2) is 30.3 Å². The molecular formula is C25H31Cl3N2O3. The van der Waals surface area contributed by atoms with Gasteiger partial charge < -0.3 is 15.0 Å². The van der Waals surface area contributed by atoms with Gasteiger partial charge in [0.1, 0.15) is 11.8 Å². The van der Waals surface area contributed by atoms with Gasteiger partial charge in [0.05, 0.1) is 0 Å². The minimum atomic E-state index is -0.698. The molecule has 2 atom stereocenters. The fraction of sp³-hybridized carbons (Fsp3) is 0.440. The molecule has 2 rings (SSSR count). The summed E-state index contributed by atoms with van der Waals surface area (Å²) in [6, 6.07) is 8.01. The van der Waals surface area contributed by atoms with Crippen molar-refractivity contribution in [2.45, 2.75) is 66.1 Å². The van der Waals surface area contributed by atoms with E-state index in [9.17, 15) is 9.59 Å². The molecular weight excluding hydrogens is 483 g/mol. The van der Waals surface area contributed by atoms with Gasteiger partial charge in [-0.25, -0.2) is 0 Å². The molecule has 1 N–H and O–H groups in total. The van der Waals surface area contributed by atoms with Gasteiger partial charge >= 0.3 is 0 Å². The van der Waals surface area contributed by atoms with E-state index in [1.165, 1.54) is 4.90 Å². The van der Waals surface area contributed by atoms with Crippen molar-refractivity contribution in [1.82, 2.24) is 10.2 Å². The summed E-state index contributed by atoms with van der Waals surface area (Å²) in [4.78, 5) is 27.9. The zero-order chi connectivity index (χ0) is 24.7. The first-order valence-electron chi connectivity index (χ1n) is 11.0. The number of carbonyl (C=O) groups excluding carboxylic acids is 2. The van der Waals surface area contributed by atoms with Gasteiger partial charge in [-0.05, 0) is 69.0 Å². The van der Waals surface area contributed by atoms with Crippen LogP contribution in [0.3, 0.4) is 0 Å². The Kier molecular flexibility index (Phi) is 10.3. The highest BCUT2D eigenvalue weighted by Gasteiger charge is 2.30. The molecule has 33 heavy (non-hydrogen) atoms. The molecule has 0 aliphatic heterocycles. The number of benzene rings is 2. The van der Waals surface area contributed by atoms with Gasteiger partial charge in [0.25, 0.3) is 5.91 Å². The van der Waals surface area contributed by atoms with Crippen molar-refractivity contribution in [3.63, 3.8) is 0 Å². The van der Waals surface area contributed by atoms with Crippen LogP contribution in [0.1, 0.15) is 50.3 Å².